The fourth-order valence-electron chi connectivity index (χ4n) is 3.84. The number of ether oxygens (including phenoxy) is 1. The number of likely N-dealkylation sites (tertiary alicyclic amines) is 1. The number of nitrogens with zero attached hydrogens (tertiary/aromatic N) is 2. The van der Waals surface area contributed by atoms with Gasteiger partial charge in [0.05, 0.1) is 12.7 Å². The Balaban J connectivity index is 1.87. The summed E-state index contributed by atoms with van der Waals surface area (Å²) in [5.74, 6) is 0. The fraction of sp³-hybridized carbons (Fsp3) is 1.00. The van der Waals surface area contributed by atoms with Crippen molar-refractivity contribution in [1.82, 2.24) is 9.80 Å². The van der Waals surface area contributed by atoms with Gasteiger partial charge < -0.3 is 16.2 Å². The number of hydrogen-bond donors (Lipinski definition) is 2. The molecule has 0 amide bonds. The van der Waals surface area contributed by atoms with Crippen molar-refractivity contribution in [2.75, 3.05) is 39.3 Å². The molecule has 0 aromatic heterocycles. The first-order chi connectivity index (χ1) is 10.7. The van der Waals surface area contributed by atoms with Crippen LogP contribution in [0.2, 0.25) is 0 Å². The van der Waals surface area contributed by atoms with Crippen molar-refractivity contribution < 1.29 is 4.74 Å². The largest absolute Gasteiger partial charge is 0.374 e. The molecule has 1 unspecified atom stereocenters. The molecule has 5 nitrogen and oxygen atoms in total. The van der Waals surface area contributed by atoms with Crippen molar-refractivity contribution in [2.24, 2.45) is 11.5 Å². The summed E-state index contributed by atoms with van der Waals surface area (Å²) in [6, 6.07) is 0.403. The lowest BCUT2D eigenvalue weighted by molar-refractivity contribution is -0.0628. The smallest absolute Gasteiger partial charge is 0.0824 e. The molecular formula is C18H38N4O. The number of hydrogen-bond acceptors (Lipinski definition) is 5. The molecule has 0 aromatic carbocycles. The molecule has 0 aliphatic carbocycles. The van der Waals surface area contributed by atoms with Crippen LogP contribution >= 0.6 is 0 Å². The third-order valence-electron chi connectivity index (χ3n) is 6.00. The van der Waals surface area contributed by atoms with Crippen LogP contribution in [0.3, 0.4) is 0 Å². The molecule has 0 aromatic rings. The van der Waals surface area contributed by atoms with Gasteiger partial charge in [-0.25, -0.2) is 0 Å². The summed E-state index contributed by atoms with van der Waals surface area (Å²) in [4.78, 5) is 5.20. The van der Waals surface area contributed by atoms with E-state index in [1.165, 1.54) is 12.8 Å². The van der Waals surface area contributed by atoms with Gasteiger partial charge in [0.25, 0.3) is 0 Å². The monoisotopic (exact) mass is 326 g/mol. The van der Waals surface area contributed by atoms with Gasteiger partial charge in [-0.2, -0.15) is 0 Å². The first-order valence-electron chi connectivity index (χ1n) is 9.32. The van der Waals surface area contributed by atoms with E-state index in [1.54, 1.807) is 0 Å². The van der Waals surface area contributed by atoms with Gasteiger partial charge in [-0.05, 0) is 53.4 Å². The van der Waals surface area contributed by atoms with Crippen LogP contribution in [0.1, 0.15) is 53.4 Å². The maximum Gasteiger partial charge on any atom is 0.0824 e. The van der Waals surface area contributed by atoms with Crippen molar-refractivity contribution >= 4 is 0 Å². The molecule has 2 saturated heterocycles. The third-order valence-corrected chi connectivity index (χ3v) is 6.00. The van der Waals surface area contributed by atoms with Crippen molar-refractivity contribution in [1.29, 1.82) is 0 Å². The van der Waals surface area contributed by atoms with Gasteiger partial charge in [0.1, 0.15) is 0 Å². The molecule has 0 radical (unpaired) electrons. The van der Waals surface area contributed by atoms with Gasteiger partial charge in [0, 0.05) is 49.8 Å². The van der Waals surface area contributed by atoms with E-state index in [2.05, 4.69) is 37.5 Å². The van der Waals surface area contributed by atoms with Crippen molar-refractivity contribution in [3.05, 3.63) is 0 Å². The standard InChI is InChI=1S/C18H38N4O/c1-17(2,21-9-5-15(20)6-10-21)7-8-18(3,4)22-11-12-23-16(13-19)14-22/h15-16H,5-14,19-20H2,1-4H3. The summed E-state index contributed by atoms with van der Waals surface area (Å²) < 4.78 is 5.72. The second-order valence-corrected chi connectivity index (χ2v) is 8.62. The predicted molar refractivity (Wildman–Crippen MR) is 96.5 cm³/mol. The molecule has 2 heterocycles. The van der Waals surface area contributed by atoms with Gasteiger partial charge >= 0.3 is 0 Å². The second-order valence-electron chi connectivity index (χ2n) is 8.62. The lowest BCUT2D eigenvalue weighted by atomic mass is 9.85. The van der Waals surface area contributed by atoms with Crippen LogP contribution in [0.5, 0.6) is 0 Å². The van der Waals surface area contributed by atoms with E-state index >= 15 is 0 Å². The molecule has 136 valence electrons. The number of piperidine rings is 1. The quantitative estimate of drug-likeness (QED) is 0.772. The summed E-state index contributed by atoms with van der Waals surface area (Å²) in [5.41, 5.74) is 12.3. The van der Waals surface area contributed by atoms with E-state index in [9.17, 15) is 0 Å². The Hall–Kier alpha value is -0.200. The van der Waals surface area contributed by atoms with Crippen molar-refractivity contribution in [2.45, 2.75) is 76.6 Å². The zero-order chi connectivity index (χ0) is 17.1. The molecule has 1 atom stereocenters. The molecule has 2 fully saturated rings. The highest BCUT2D eigenvalue weighted by molar-refractivity contribution is 4.92. The highest BCUT2D eigenvalue weighted by atomic mass is 16.5. The summed E-state index contributed by atoms with van der Waals surface area (Å²) in [7, 11) is 0. The maximum absolute atomic E-state index is 6.05. The van der Waals surface area contributed by atoms with Gasteiger partial charge in [-0.15, -0.1) is 0 Å². The topological polar surface area (TPSA) is 67.8 Å². The zero-order valence-electron chi connectivity index (χ0n) is 15.7. The highest BCUT2D eigenvalue weighted by Crippen LogP contribution is 2.30. The van der Waals surface area contributed by atoms with Crippen molar-refractivity contribution in [3.8, 4) is 0 Å². The van der Waals surface area contributed by atoms with Gasteiger partial charge in [0.15, 0.2) is 0 Å². The molecule has 5 heteroatoms. The Bertz CT molecular complexity index is 364. The average Bonchev–Trinajstić information content (AvgIpc) is 2.54. The van der Waals surface area contributed by atoms with Crippen LogP contribution in [-0.4, -0.2) is 72.4 Å². The van der Waals surface area contributed by atoms with Crippen LogP contribution in [0.15, 0.2) is 0 Å². The molecule has 4 N–H and O–H groups in total. The zero-order valence-corrected chi connectivity index (χ0v) is 15.7. The Labute approximate surface area is 142 Å². The normalized spacial score (nSPS) is 26.6. The van der Waals surface area contributed by atoms with Gasteiger partial charge in [0.2, 0.25) is 0 Å². The second kappa shape index (κ2) is 7.79. The van der Waals surface area contributed by atoms with E-state index in [4.69, 9.17) is 16.2 Å². The van der Waals surface area contributed by atoms with Crippen molar-refractivity contribution in [3.63, 3.8) is 0 Å². The summed E-state index contributed by atoms with van der Waals surface area (Å²) >= 11 is 0. The van der Waals surface area contributed by atoms with Crippen LogP contribution in [0.25, 0.3) is 0 Å². The van der Waals surface area contributed by atoms with Crippen LogP contribution in [0, 0.1) is 0 Å². The highest BCUT2D eigenvalue weighted by Gasteiger charge is 2.35. The minimum atomic E-state index is 0.194. The van der Waals surface area contributed by atoms with E-state index in [-0.39, 0.29) is 17.2 Å². The SMILES string of the molecule is CC(C)(CCC(C)(C)N1CCOC(CN)C1)N1CCC(N)CC1. The maximum atomic E-state index is 6.05. The molecule has 0 spiro atoms. The lowest BCUT2D eigenvalue weighted by Crippen LogP contribution is -2.56. The molecule has 2 aliphatic heterocycles. The van der Waals surface area contributed by atoms with Crippen LogP contribution in [-0.2, 0) is 4.74 Å². The molecule has 2 aliphatic rings. The Kier molecular flexibility index (Phi) is 6.48. The first-order valence-corrected chi connectivity index (χ1v) is 9.32. The molecule has 0 bridgehead atoms. The fourth-order valence-corrected chi connectivity index (χ4v) is 3.84. The first kappa shape index (κ1) is 19.1. The molecule has 2 rings (SSSR count). The molecule has 23 heavy (non-hydrogen) atoms. The minimum absolute atomic E-state index is 0.194. The van der Waals surface area contributed by atoms with E-state index in [1.807, 2.05) is 0 Å². The third kappa shape index (κ3) is 5.13. The van der Waals surface area contributed by atoms with Crippen LogP contribution < -0.4 is 11.5 Å². The minimum Gasteiger partial charge on any atom is -0.374 e. The summed E-state index contributed by atoms with van der Waals surface area (Å²) in [6.45, 7) is 15.2. The van der Waals surface area contributed by atoms with E-state index in [0.29, 0.717) is 12.6 Å². The molecule has 0 saturated carbocycles. The Morgan fingerprint density at radius 3 is 2.09 bits per heavy atom. The Morgan fingerprint density at radius 1 is 0.957 bits per heavy atom. The summed E-state index contributed by atoms with van der Waals surface area (Å²) in [5, 5.41) is 0. The number of morpholine rings is 1. The molecular weight excluding hydrogens is 288 g/mol. The number of nitrogens with two attached hydrogens (primary N) is 2. The lowest BCUT2D eigenvalue weighted by Gasteiger charge is -2.47. The number of rotatable bonds is 6. The predicted octanol–water partition coefficient (Wildman–Crippen LogP) is 1.41. The van der Waals surface area contributed by atoms with Crippen LogP contribution in [0.4, 0.5) is 0 Å². The average molecular weight is 327 g/mol. The Morgan fingerprint density at radius 2 is 1.52 bits per heavy atom. The van der Waals surface area contributed by atoms with Gasteiger partial charge in [-0.1, -0.05) is 0 Å². The van der Waals surface area contributed by atoms with E-state index in [0.717, 1.165) is 45.6 Å². The van der Waals surface area contributed by atoms with Gasteiger partial charge in [-0.3, -0.25) is 9.80 Å². The summed E-state index contributed by atoms with van der Waals surface area (Å²) in [6.07, 6.45) is 4.86. The van der Waals surface area contributed by atoms with E-state index < -0.39 is 0 Å².